The Morgan fingerprint density at radius 1 is 0.292 bits per heavy atom. The number of hydrogen-bond donors (Lipinski definition) is 9. The van der Waals surface area contributed by atoms with E-state index in [1.165, 1.54) is 0 Å². The van der Waals surface area contributed by atoms with E-state index < -0.39 is 159 Å². The van der Waals surface area contributed by atoms with Crippen LogP contribution < -0.4 is 121 Å². The standard InChI is InChI=1S/3C16H12N4O9S2.3Na/c3*21-15-13(18-17-9-1-5-11(6-2-9)30(24,25)26)14(16(22)23)19-20(15)10-3-7-12(8-4-10)31(27,28)29;;;/h3*1-8,19H,(H,22,23)(H,24,25,26)(H,27,28,29);;;/q;;;3*+1/p-3. The van der Waals surface area contributed by atoms with Crippen LogP contribution in [0, 0.1) is 0 Å². The molecule has 486 valence electrons. The van der Waals surface area contributed by atoms with Crippen molar-refractivity contribution in [3.05, 3.63) is 194 Å². The van der Waals surface area contributed by atoms with Gasteiger partial charge in [0.1, 0.15) is 17.1 Å². The predicted molar refractivity (Wildman–Crippen MR) is 303 cm³/mol. The number of nitrogens with one attached hydrogen (secondary N) is 3. The molecule has 0 spiro atoms. The first-order valence-electron chi connectivity index (χ1n) is 24.0. The van der Waals surface area contributed by atoms with E-state index in [0.717, 1.165) is 160 Å². The molecule has 9 aromatic rings. The molecule has 0 radical (unpaired) electrons. The maximum Gasteiger partial charge on any atom is 1.00 e. The molecule has 0 fully saturated rings. The van der Waals surface area contributed by atoms with Gasteiger partial charge in [-0.1, -0.05) is 0 Å². The molecule has 0 aliphatic heterocycles. The molecule has 0 unspecified atom stereocenters. The summed E-state index contributed by atoms with van der Waals surface area (Å²) in [5.74, 6) is -5.33. The Bertz CT molecular complexity index is 4910. The van der Waals surface area contributed by atoms with Crippen LogP contribution in [0.5, 0.6) is 0 Å². The molecular formula is C48H33N12Na3O27S6. The van der Waals surface area contributed by atoms with Crippen LogP contribution in [0.2, 0.25) is 0 Å². The van der Waals surface area contributed by atoms with E-state index in [0.29, 0.717) is 0 Å². The van der Waals surface area contributed by atoms with Crippen molar-refractivity contribution in [2.75, 3.05) is 0 Å². The van der Waals surface area contributed by atoms with Gasteiger partial charge in [0.25, 0.3) is 77.4 Å². The summed E-state index contributed by atoms with van der Waals surface area (Å²) in [7, 11) is -26.7. The summed E-state index contributed by atoms with van der Waals surface area (Å²) < 4.78 is 189. The topological polar surface area (TPSA) is 634 Å². The quantitative estimate of drug-likeness (QED) is 0.0219. The van der Waals surface area contributed by atoms with Crippen molar-refractivity contribution in [1.29, 1.82) is 0 Å². The number of carbonyl (C=O) groups excluding carboxylic acids is 3. The molecule has 0 bridgehead atoms. The van der Waals surface area contributed by atoms with Crippen LogP contribution in [-0.2, 0) is 60.7 Å². The maximum atomic E-state index is 12.6. The number of carboxylic acid groups (broad SMARTS) is 3. The molecule has 0 saturated heterocycles. The van der Waals surface area contributed by atoms with Crippen LogP contribution in [-0.4, -0.2) is 125 Å². The first-order valence-corrected chi connectivity index (χ1v) is 32.7. The van der Waals surface area contributed by atoms with Crippen molar-refractivity contribution in [1.82, 2.24) is 29.3 Å². The van der Waals surface area contributed by atoms with Gasteiger partial charge in [-0.3, -0.25) is 57.0 Å². The third kappa shape index (κ3) is 20.3. The van der Waals surface area contributed by atoms with E-state index in [9.17, 15) is 94.6 Å². The van der Waals surface area contributed by atoms with Gasteiger partial charge >= 0.3 is 88.7 Å². The summed E-state index contributed by atoms with van der Waals surface area (Å²) in [6, 6.07) is 25.9. The molecule has 48 heteroatoms. The number of rotatable bonds is 18. The van der Waals surface area contributed by atoms with Gasteiger partial charge in [-0.25, -0.2) is 14.0 Å². The number of azo groups is 3. The smallest absolute Gasteiger partial charge is 0.543 e. The second-order valence-corrected chi connectivity index (χ2v) is 26.2. The molecule has 0 aliphatic rings. The molecule has 0 saturated carbocycles. The summed E-state index contributed by atoms with van der Waals surface area (Å²) in [6.45, 7) is 0. The molecule has 0 atom stereocenters. The van der Waals surface area contributed by atoms with Crippen molar-refractivity contribution >= 4 is 113 Å². The Kier molecular flexibility index (Phi) is 26.8. The van der Waals surface area contributed by atoms with Crippen molar-refractivity contribution in [3.63, 3.8) is 0 Å². The Balaban J connectivity index is 0.000000302. The largest absolute Gasteiger partial charge is 1.00 e. The number of nitrogens with zero attached hydrogens (tertiary/aromatic N) is 9. The molecule has 3 heterocycles. The molecule has 6 aromatic carbocycles. The molecule has 9 N–H and O–H groups in total. The van der Waals surface area contributed by atoms with Crippen LogP contribution in [0.15, 0.2) is 220 Å². The zero-order valence-corrected chi connectivity index (χ0v) is 59.0. The van der Waals surface area contributed by atoms with Gasteiger partial charge in [0, 0.05) is 0 Å². The third-order valence-electron chi connectivity index (χ3n) is 11.6. The maximum absolute atomic E-state index is 12.6. The first kappa shape index (κ1) is 80.5. The molecule has 3 aromatic heterocycles. The summed E-state index contributed by atoms with van der Waals surface area (Å²) >= 11 is 0. The van der Waals surface area contributed by atoms with Crippen LogP contribution in [0.1, 0.15) is 31.5 Å². The van der Waals surface area contributed by atoms with Crippen molar-refractivity contribution in [3.8, 4) is 17.1 Å². The Morgan fingerprint density at radius 3 is 0.594 bits per heavy atom. The molecule has 0 aliphatic carbocycles. The fourth-order valence-electron chi connectivity index (χ4n) is 7.21. The molecule has 96 heavy (non-hydrogen) atoms. The monoisotopic (exact) mass is 1470 g/mol. The van der Waals surface area contributed by atoms with Crippen LogP contribution in [0.25, 0.3) is 17.1 Å². The molecule has 39 nitrogen and oxygen atoms in total. The third-order valence-corrected chi connectivity index (χ3v) is 16.8. The number of aromatic amines is 3. The summed E-state index contributed by atoms with van der Waals surface area (Å²) in [5, 5.41) is 62.6. The van der Waals surface area contributed by atoms with E-state index >= 15 is 0 Å². The van der Waals surface area contributed by atoms with E-state index in [2.05, 4.69) is 46.0 Å². The number of carboxylic acids is 3. The Labute approximate surface area is 603 Å². The minimum Gasteiger partial charge on any atom is -0.543 e. The SMILES string of the molecule is O=C([O-])c1[nH]n(-c2ccc(S(=O)(=O)O)cc2)c(=O)c1N=Nc1ccc(S(=O)(=O)O)cc1.O=C([O-])c1[nH]n(-c2ccc(S(=O)(=O)O)cc2)c(=O)c1N=Nc1ccc(S(=O)(=O)O)cc1.O=C([O-])c1[nH]n(-c2ccc(S(=O)(=O)O)cc2)c(=O)c1N=Nc1ccc(S(=O)(=O)O)cc1.[Na+].[Na+].[Na+]. The molecule has 9 rings (SSSR count). The van der Waals surface area contributed by atoms with Crippen LogP contribution in [0.3, 0.4) is 0 Å². The minimum atomic E-state index is -4.47. The summed E-state index contributed by atoms with van der Waals surface area (Å²) in [4.78, 5) is 69.3. The van der Waals surface area contributed by atoms with Crippen molar-refractivity contribution in [2.24, 2.45) is 30.7 Å². The molecule has 0 amide bonds. The van der Waals surface area contributed by atoms with Crippen LogP contribution in [0.4, 0.5) is 34.1 Å². The van der Waals surface area contributed by atoms with E-state index in [1.807, 2.05) is 0 Å². The Hall–Kier alpha value is -7.98. The minimum absolute atomic E-state index is 0. The first-order chi connectivity index (χ1) is 43.1. The average molecular weight is 1470 g/mol. The van der Waals surface area contributed by atoms with Crippen molar-refractivity contribution in [2.45, 2.75) is 29.4 Å². The number of carbonyl (C=O) groups is 3. The van der Waals surface area contributed by atoms with E-state index in [1.54, 1.807) is 0 Å². The van der Waals surface area contributed by atoms with Gasteiger partial charge in [0.15, 0.2) is 17.1 Å². The second-order valence-electron chi connectivity index (χ2n) is 17.7. The van der Waals surface area contributed by atoms with Crippen molar-refractivity contribution < 1.29 is 196 Å². The second kappa shape index (κ2) is 31.9. The molecular weight excluding hydrogens is 1440 g/mol. The summed E-state index contributed by atoms with van der Waals surface area (Å²) in [6.07, 6.45) is 0. The zero-order valence-electron chi connectivity index (χ0n) is 48.1. The number of benzene rings is 6. The summed E-state index contributed by atoms with van der Waals surface area (Å²) in [5.41, 5.74) is -6.76. The van der Waals surface area contributed by atoms with Crippen LogP contribution >= 0.6 is 0 Å². The Morgan fingerprint density at radius 2 is 0.448 bits per heavy atom. The normalized spacial score (nSPS) is 11.9. The van der Waals surface area contributed by atoms with Gasteiger partial charge in [-0.2, -0.15) is 65.8 Å². The fourth-order valence-corrected chi connectivity index (χ4v) is 10.1. The van der Waals surface area contributed by atoms with E-state index in [-0.39, 0.29) is 123 Å². The fraction of sp³-hybridized carbons (Fsp3) is 0. The number of H-pyrrole nitrogens is 3. The average Bonchev–Trinajstić information content (AvgIpc) is 1.67. The van der Waals surface area contributed by atoms with Gasteiger partial charge in [0.05, 0.1) is 81.4 Å². The number of hydrogen-bond acceptors (Lipinski definition) is 27. The number of aromatic nitrogens is 6. The number of aromatic carboxylic acids is 3. The van der Waals surface area contributed by atoms with Gasteiger partial charge in [-0.05, 0) is 146 Å². The van der Waals surface area contributed by atoms with Gasteiger partial charge in [-0.15, -0.1) is 15.3 Å². The predicted octanol–water partition coefficient (Wildman–Crippen LogP) is -7.67. The van der Waals surface area contributed by atoms with E-state index in [4.69, 9.17) is 27.3 Å². The van der Waals surface area contributed by atoms with Gasteiger partial charge in [0.2, 0.25) is 0 Å². The zero-order chi connectivity index (χ0) is 68.9. The van der Waals surface area contributed by atoms with Gasteiger partial charge < -0.3 is 29.7 Å².